The summed E-state index contributed by atoms with van der Waals surface area (Å²) in [5, 5.41) is 5.63. The topological polar surface area (TPSA) is 61.0 Å². The molecular formula is C19H22N4O3. The summed E-state index contributed by atoms with van der Waals surface area (Å²) in [6, 6.07) is 5.94. The molecule has 0 saturated carbocycles. The van der Waals surface area contributed by atoms with E-state index in [-0.39, 0.29) is 12.5 Å². The first-order valence-corrected chi connectivity index (χ1v) is 9.32. The van der Waals surface area contributed by atoms with Crippen LogP contribution in [0.2, 0.25) is 0 Å². The van der Waals surface area contributed by atoms with Crippen molar-refractivity contribution in [1.29, 1.82) is 0 Å². The highest BCUT2D eigenvalue weighted by Gasteiger charge is 2.20. The predicted molar refractivity (Wildman–Crippen MR) is 98.1 cm³/mol. The summed E-state index contributed by atoms with van der Waals surface area (Å²) in [6.07, 6.45) is 3.31. The molecule has 136 valence electrons. The van der Waals surface area contributed by atoms with Crippen molar-refractivity contribution in [2.75, 3.05) is 26.4 Å². The number of aryl methyl sites for hydroxylation is 1. The van der Waals surface area contributed by atoms with Crippen molar-refractivity contribution in [1.82, 2.24) is 19.1 Å². The number of nitrogens with zero attached hydrogens (tertiary/aromatic N) is 4. The summed E-state index contributed by atoms with van der Waals surface area (Å²) in [7, 11) is 0. The third kappa shape index (κ3) is 2.38. The molecule has 0 bridgehead atoms. The van der Waals surface area contributed by atoms with E-state index >= 15 is 0 Å². The molecule has 1 aromatic carbocycles. The number of ether oxygens (including phenoxy) is 2. The van der Waals surface area contributed by atoms with Crippen LogP contribution >= 0.6 is 0 Å². The zero-order chi connectivity index (χ0) is 17.7. The number of aromatic nitrogens is 3. The fourth-order valence-corrected chi connectivity index (χ4v) is 3.99. The van der Waals surface area contributed by atoms with Crippen LogP contribution in [0.25, 0.3) is 16.6 Å². The smallest absolute Gasteiger partial charge is 0.350 e. The van der Waals surface area contributed by atoms with Gasteiger partial charge in [0.15, 0.2) is 17.1 Å². The Hall–Kier alpha value is -2.54. The fraction of sp³-hybridized carbons (Fsp3) is 0.474. The number of fused-ring (bicyclic) bond motifs is 4. The van der Waals surface area contributed by atoms with Gasteiger partial charge in [0.1, 0.15) is 0 Å². The van der Waals surface area contributed by atoms with Gasteiger partial charge in [0.2, 0.25) is 6.79 Å². The SMILES string of the molecule is CCc1cc2cc3c(cc2n2c(=O)n(CCN4CCCC4)nc12)OCO3. The average molecular weight is 354 g/mol. The van der Waals surface area contributed by atoms with E-state index in [2.05, 4.69) is 23.0 Å². The van der Waals surface area contributed by atoms with Gasteiger partial charge in [-0.1, -0.05) is 6.92 Å². The van der Waals surface area contributed by atoms with Gasteiger partial charge < -0.3 is 14.4 Å². The molecule has 0 spiro atoms. The number of rotatable bonds is 4. The van der Waals surface area contributed by atoms with Gasteiger partial charge in [0.05, 0.1) is 12.1 Å². The van der Waals surface area contributed by atoms with Crippen LogP contribution in [-0.2, 0) is 13.0 Å². The molecule has 2 aliphatic heterocycles. The van der Waals surface area contributed by atoms with Gasteiger partial charge in [-0.15, -0.1) is 5.10 Å². The van der Waals surface area contributed by atoms with Crippen LogP contribution in [0.15, 0.2) is 23.0 Å². The maximum absolute atomic E-state index is 13.1. The van der Waals surface area contributed by atoms with Crippen molar-refractivity contribution < 1.29 is 9.47 Å². The van der Waals surface area contributed by atoms with Crippen molar-refractivity contribution in [3.05, 3.63) is 34.2 Å². The van der Waals surface area contributed by atoms with Crippen LogP contribution in [0, 0.1) is 0 Å². The number of pyridine rings is 1. The van der Waals surface area contributed by atoms with E-state index in [1.54, 1.807) is 9.08 Å². The van der Waals surface area contributed by atoms with Crippen LogP contribution in [0.1, 0.15) is 25.3 Å². The van der Waals surface area contributed by atoms with Gasteiger partial charge in [-0.05, 0) is 50.0 Å². The molecule has 0 aliphatic carbocycles. The van der Waals surface area contributed by atoms with Crippen LogP contribution in [0.4, 0.5) is 0 Å². The normalized spacial score (nSPS) is 17.0. The Bertz CT molecular complexity index is 1050. The third-order valence-electron chi connectivity index (χ3n) is 5.43. The van der Waals surface area contributed by atoms with E-state index in [1.807, 2.05) is 12.1 Å². The maximum Gasteiger partial charge on any atom is 0.350 e. The second kappa shape index (κ2) is 6.02. The van der Waals surface area contributed by atoms with Crippen LogP contribution in [-0.4, -0.2) is 45.5 Å². The predicted octanol–water partition coefficient (Wildman–Crippen LogP) is 2.04. The first-order valence-electron chi connectivity index (χ1n) is 9.32. The number of benzene rings is 1. The Morgan fingerprint density at radius 1 is 1.08 bits per heavy atom. The van der Waals surface area contributed by atoms with Gasteiger partial charge in [-0.25, -0.2) is 13.9 Å². The zero-order valence-corrected chi connectivity index (χ0v) is 14.9. The lowest BCUT2D eigenvalue weighted by Crippen LogP contribution is -2.29. The molecular weight excluding hydrogens is 332 g/mol. The summed E-state index contributed by atoms with van der Waals surface area (Å²) in [6.45, 7) is 6.04. The highest BCUT2D eigenvalue weighted by atomic mass is 16.7. The highest BCUT2D eigenvalue weighted by molar-refractivity contribution is 5.87. The summed E-state index contributed by atoms with van der Waals surface area (Å²) in [4.78, 5) is 15.5. The van der Waals surface area contributed by atoms with E-state index in [1.165, 1.54) is 12.8 Å². The molecule has 2 aliphatic rings. The van der Waals surface area contributed by atoms with E-state index in [0.717, 1.165) is 53.9 Å². The molecule has 3 aromatic rings. The lowest BCUT2D eigenvalue weighted by Gasteiger charge is -2.13. The largest absolute Gasteiger partial charge is 0.454 e. The van der Waals surface area contributed by atoms with Crippen molar-refractivity contribution in [2.24, 2.45) is 0 Å². The number of hydrogen-bond acceptors (Lipinski definition) is 5. The van der Waals surface area contributed by atoms with E-state index < -0.39 is 0 Å². The second-order valence-electron chi connectivity index (χ2n) is 7.00. The highest BCUT2D eigenvalue weighted by Crippen LogP contribution is 2.36. The van der Waals surface area contributed by atoms with Crippen molar-refractivity contribution >= 4 is 16.6 Å². The second-order valence-corrected chi connectivity index (χ2v) is 7.00. The Balaban J connectivity index is 1.65. The molecule has 0 radical (unpaired) electrons. The Labute approximate surface area is 150 Å². The minimum atomic E-state index is -0.0848. The molecule has 2 aromatic heterocycles. The van der Waals surface area contributed by atoms with E-state index in [0.29, 0.717) is 12.3 Å². The summed E-state index contributed by atoms with van der Waals surface area (Å²) in [5.74, 6) is 1.41. The van der Waals surface area contributed by atoms with Crippen molar-refractivity contribution in [3.8, 4) is 11.5 Å². The molecule has 0 atom stereocenters. The zero-order valence-electron chi connectivity index (χ0n) is 14.9. The van der Waals surface area contributed by atoms with Gasteiger partial charge in [-0.2, -0.15) is 0 Å². The molecule has 4 heterocycles. The molecule has 5 rings (SSSR count). The van der Waals surface area contributed by atoms with Gasteiger partial charge in [-0.3, -0.25) is 0 Å². The Morgan fingerprint density at radius 3 is 2.62 bits per heavy atom. The summed E-state index contributed by atoms with van der Waals surface area (Å²) >= 11 is 0. The maximum atomic E-state index is 13.1. The molecule has 7 heteroatoms. The number of likely N-dealkylation sites (tertiary alicyclic amines) is 1. The van der Waals surface area contributed by atoms with E-state index in [4.69, 9.17) is 9.47 Å². The Kier molecular flexibility index (Phi) is 3.63. The van der Waals surface area contributed by atoms with E-state index in [9.17, 15) is 4.79 Å². The third-order valence-corrected chi connectivity index (χ3v) is 5.43. The molecule has 7 nitrogen and oxygen atoms in total. The minimum Gasteiger partial charge on any atom is -0.454 e. The van der Waals surface area contributed by atoms with Gasteiger partial charge in [0, 0.05) is 18.0 Å². The average Bonchev–Trinajstić information content (AvgIpc) is 3.38. The standard InChI is InChI=1S/C19H22N4O3/c1-2-13-9-14-10-16-17(26-12-25-16)11-15(14)23-18(13)20-22(19(23)24)8-7-21-5-3-4-6-21/h9-11H,2-8,12H2,1H3. The van der Waals surface area contributed by atoms with Crippen LogP contribution < -0.4 is 15.2 Å². The van der Waals surface area contributed by atoms with Gasteiger partial charge >= 0.3 is 5.69 Å². The van der Waals surface area contributed by atoms with Crippen molar-refractivity contribution in [3.63, 3.8) is 0 Å². The lowest BCUT2D eigenvalue weighted by atomic mass is 10.1. The van der Waals surface area contributed by atoms with Crippen molar-refractivity contribution in [2.45, 2.75) is 32.7 Å². The first kappa shape index (κ1) is 15.7. The quantitative estimate of drug-likeness (QED) is 0.717. The first-order chi connectivity index (χ1) is 12.7. The Morgan fingerprint density at radius 2 is 1.85 bits per heavy atom. The summed E-state index contributed by atoms with van der Waals surface area (Å²) in [5.41, 5.74) is 2.54. The fourth-order valence-electron chi connectivity index (χ4n) is 3.99. The molecule has 0 unspecified atom stereocenters. The van der Waals surface area contributed by atoms with Crippen LogP contribution in [0.5, 0.6) is 11.5 Å². The minimum absolute atomic E-state index is 0.0848. The van der Waals surface area contributed by atoms with Crippen LogP contribution in [0.3, 0.4) is 0 Å². The molecule has 1 saturated heterocycles. The molecule has 26 heavy (non-hydrogen) atoms. The molecule has 1 fully saturated rings. The molecule has 0 N–H and O–H groups in total. The number of hydrogen-bond donors (Lipinski definition) is 0. The molecule has 0 amide bonds. The lowest BCUT2D eigenvalue weighted by molar-refractivity contribution is 0.174. The van der Waals surface area contributed by atoms with Gasteiger partial charge in [0.25, 0.3) is 0 Å². The monoisotopic (exact) mass is 354 g/mol. The summed E-state index contributed by atoms with van der Waals surface area (Å²) < 4.78 is 14.3.